The summed E-state index contributed by atoms with van der Waals surface area (Å²) in [5, 5.41) is 6.74. The minimum Gasteiger partial charge on any atom is -0.322 e. The molecule has 1 aromatic heterocycles. The van der Waals surface area contributed by atoms with Gasteiger partial charge in [-0.15, -0.1) is 5.10 Å². The van der Waals surface area contributed by atoms with Crippen molar-refractivity contribution < 1.29 is 4.79 Å². The van der Waals surface area contributed by atoms with Crippen molar-refractivity contribution in [3.63, 3.8) is 0 Å². The van der Waals surface area contributed by atoms with Gasteiger partial charge in [0.25, 0.3) is 5.91 Å². The number of hydrogen-bond donors (Lipinski definition) is 1. The van der Waals surface area contributed by atoms with Gasteiger partial charge in [-0.1, -0.05) is 42.6 Å². The highest BCUT2D eigenvalue weighted by Gasteiger charge is 2.08. The molecule has 4 nitrogen and oxygen atoms in total. The first-order chi connectivity index (χ1) is 11.1. The number of aromatic nitrogens is 2. The molecule has 1 amide bonds. The molecule has 0 saturated carbocycles. The molecule has 0 aliphatic rings. The number of benzene rings is 2. The zero-order chi connectivity index (χ0) is 16.2. The molecule has 3 rings (SSSR count). The summed E-state index contributed by atoms with van der Waals surface area (Å²) >= 11 is 1.35. The van der Waals surface area contributed by atoms with Gasteiger partial charge < -0.3 is 5.32 Å². The van der Waals surface area contributed by atoms with Gasteiger partial charge in [-0.2, -0.15) is 0 Å². The van der Waals surface area contributed by atoms with Crippen molar-refractivity contribution in [1.29, 1.82) is 0 Å². The van der Waals surface area contributed by atoms with Gasteiger partial charge in [0.1, 0.15) is 0 Å². The second kappa shape index (κ2) is 6.71. The zero-order valence-electron chi connectivity index (χ0n) is 13.0. The van der Waals surface area contributed by atoms with Crippen LogP contribution in [0.3, 0.4) is 0 Å². The lowest BCUT2D eigenvalue weighted by Crippen LogP contribution is -2.11. The topological polar surface area (TPSA) is 54.9 Å². The van der Waals surface area contributed by atoms with Crippen molar-refractivity contribution in [2.75, 3.05) is 5.32 Å². The summed E-state index contributed by atoms with van der Waals surface area (Å²) in [5.74, 6) is 0.355. The number of nitrogens with zero attached hydrogens (tertiary/aromatic N) is 2. The van der Waals surface area contributed by atoms with Crippen LogP contribution in [-0.4, -0.2) is 15.5 Å². The monoisotopic (exact) mass is 323 g/mol. The summed E-state index contributed by atoms with van der Waals surface area (Å²) in [6.07, 6.45) is 1.73. The summed E-state index contributed by atoms with van der Waals surface area (Å²) in [6, 6.07) is 15.4. The molecule has 1 heterocycles. The van der Waals surface area contributed by atoms with Crippen LogP contribution in [0.2, 0.25) is 0 Å². The van der Waals surface area contributed by atoms with Crippen molar-refractivity contribution in [1.82, 2.24) is 9.59 Å². The Labute approximate surface area is 139 Å². The Bertz CT molecular complexity index is 778. The molecule has 0 spiro atoms. The third kappa shape index (κ3) is 3.63. The van der Waals surface area contributed by atoms with Crippen molar-refractivity contribution in [2.24, 2.45) is 0 Å². The molecular formula is C18H17N3OS. The van der Waals surface area contributed by atoms with Gasteiger partial charge >= 0.3 is 0 Å². The number of carbonyl (C=O) groups is 1. The third-order valence-electron chi connectivity index (χ3n) is 3.63. The molecule has 0 bridgehead atoms. The van der Waals surface area contributed by atoms with Gasteiger partial charge in [-0.05, 0) is 52.8 Å². The van der Waals surface area contributed by atoms with Crippen LogP contribution in [-0.2, 0) is 0 Å². The molecule has 3 aromatic rings. The van der Waals surface area contributed by atoms with Crippen molar-refractivity contribution in [3.05, 3.63) is 65.9 Å². The van der Waals surface area contributed by atoms with E-state index in [0.717, 1.165) is 16.1 Å². The van der Waals surface area contributed by atoms with Crippen LogP contribution in [0.5, 0.6) is 0 Å². The Hall–Kier alpha value is -2.53. The first kappa shape index (κ1) is 15.4. The first-order valence-electron chi connectivity index (χ1n) is 7.42. The second-order valence-electron chi connectivity index (χ2n) is 5.59. The van der Waals surface area contributed by atoms with Gasteiger partial charge in [0, 0.05) is 11.3 Å². The SMILES string of the molecule is CC(C)c1ccc(C(=O)Nc2ccc(-c3cnns3)cc2)cc1. The van der Waals surface area contributed by atoms with E-state index in [2.05, 4.69) is 28.8 Å². The first-order valence-corrected chi connectivity index (χ1v) is 8.20. The summed E-state index contributed by atoms with van der Waals surface area (Å²) in [4.78, 5) is 13.3. The highest BCUT2D eigenvalue weighted by atomic mass is 32.1. The summed E-state index contributed by atoms with van der Waals surface area (Å²) in [5.41, 5.74) is 3.69. The van der Waals surface area contributed by atoms with Crippen molar-refractivity contribution in [2.45, 2.75) is 19.8 Å². The molecule has 0 aliphatic heterocycles. The summed E-state index contributed by atoms with van der Waals surface area (Å²) < 4.78 is 3.85. The average Bonchev–Trinajstić information content (AvgIpc) is 3.10. The second-order valence-corrected chi connectivity index (χ2v) is 6.38. The Morgan fingerprint density at radius 2 is 1.74 bits per heavy atom. The quantitative estimate of drug-likeness (QED) is 0.764. The van der Waals surface area contributed by atoms with Crippen molar-refractivity contribution in [3.8, 4) is 10.4 Å². The number of nitrogens with one attached hydrogen (secondary N) is 1. The lowest BCUT2D eigenvalue weighted by molar-refractivity contribution is 0.102. The molecule has 23 heavy (non-hydrogen) atoms. The van der Waals surface area contributed by atoms with E-state index in [1.54, 1.807) is 6.20 Å². The van der Waals surface area contributed by atoms with Crippen LogP contribution < -0.4 is 5.32 Å². The third-order valence-corrected chi connectivity index (χ3v) is 4.34. The Morgan fingerprint density at radius 3 is 2.30 bits per heavy atom. The van der Waals surface area contributed by atoms with E-state index in [-0.39, 0.29) is 5.91 Å². The number of rotatable bonds is 4. The van der Waals surface area contributed by atoms with Crippen molar-refractivity contribution >= 4 is 23.1 Å². The van der Waals surface area contributed by atoms with Gasteiger partial charge in [0.15, 0.2) is 0 Å². The lowest BCUT2D eigenvalue weighted by Gasteiger charge is -2.08. The molecule has 0 aliphatic carbocycles. The van der Waals surface area contributed by atoms with E-state index >= 15 is 0 Å². The van der Waals surface area contributed by atoms with E-state index in [0.29, 0.717) is 11.5 Å². The van der Waals surface area contributed by atoms with E-state index in [1.807, 2.05) is 48.5 Å². The Kier molecular flexibility index (Phi) is 4.48. The predicted molar refractivity (Wildman–Crippen MR) is 93.8 cm³/mol. The number of amides is 1. The number of hydrogen-bond acceptors (Lipinski definition) is 4. The minimum atomic E-state index is -0.104. The maximum absolute atomic E-state index is 12.3. The summed E-state index contributed by atoms with van der Waals surface area (Å²) in [7, 11) is 0. The molecule has 2 aromatic carbocycles. The zero-order valence-corrected chi connectivity index (χ0v) is 13.8. The number of anilines is 1. The van der Waals surface area contributed by atoms with Crippen LogP contribution in [0, 0.1) is 0 Å². The van der Waals surface area contributed by atoms with Crippen LogP contribution in [0.25, 0.3) is 10.4 Å². The molecule has 0 atom stereocenters. The standard InChI is InChI=1S/C18H17N3OS/c1-12(2)13-3-5-15(6-4-13)18(22)20-16-9-7-14(8-10-16)17-11-19-21-23-17/h3-12H,1-2H3,(H,20,22). The molecule has 1 N–H and O–H groups in total. The van der Waals surface area contributed by atoms with Crippen LogP contribution >= 0.6 is 11.5 Å². The molecule has 0 unspecified atom stereocenters. The van der Waals surface area contributed by atoms with E-state index in [4.69, 9.17) is 0 Å². The molecule has 0 saturated heterocycles. The van der Waals surface area contributed by atoms with Crippen LogP contribution in [0.4, 0.5) is 5.69 Å². The van der Waals surface area contributed by atoms with E-state index in [1.165, 1.54) is 17.1 Å². The fourth-order valence-corrected chi connectivity index (χ4v) is 2.75. The Balaban J connectivity index is 1.70. The fourth-order valence-electron chi connectivity index (χ4n) is 2.23. The molecule has 0 fully saturated rings. The molecule has 116 valence electrons. The van der Waals surface area contributed by atoms with E-state index < -0.39 is 0 Å². The highest BCUT2D eigenvalue weighted by molar-refractivity contribution is 7.09. The van der Waals surface area contributed by atoms with Gasteiger partial charge in [-0.25, -0.2) is 0 Å². The van der Waals surface area contributed by atoms with Crippen LogP contribution in [0.1, 0.15) is 35.7 Å². The van der Waals surface area contributed by atoms with Crippen LogP contribution in [0.15, 0.2) is 54.7 Å². The van der Waals surface area contributed by atoms with E-state index in [9.17, 15) is 4.79 Å². The minimum absolute atomic E-state index is 0.104. The smallest absolute Gasteiger partial charge is 0.255 e. The fraction of sp³-hybridized carbons (Fsp3) is 0.167. The predicted octanol–water partition coefficient (Wildman–Crippen LogP) is 4.58. The van der Waals surface area contributed by atoms with Gasteiger partial charge in [-0.3, -0.25) is 4.79 Å². The summed E-state index contributed by atoms with van der Waals surface area (Å²) in [6.45, 7) is 4.27. The maximum atomic E-state index is 12.3. The molecule has 0 radical (unpaired) electrons. The normalized spacial score (nSPS) is 10.7. The molecule has 5 heteroatoms. The van der Waals surface area contributed by atoms with Gasteiger partial charge in [0.2, 0.25) is 0 Å². The lowest BCUT2D eigenvalue weighted by atomic mass is 10.0. The largest absolute Gasteiger partial charge is 0.322 e. The molecular weight excluding hydrogens is 306 g/mol. The highest BCUT2D eigenvalue weighted by Crippen LogP contribution is 2.23. The van der Waals surface area contributed by atoms with Gasteiger partial charge in [0.05, 0.1) is 11.1 Å². The average molecular weight is 323 g/mol. The Morgan fingerprint density at radius 1 is 1.04 bits per heavy atom. The maximum Gasteiger partial charge on any atom is 0.255 e. The number of carbonyl (C=O) groups excluding carboxylic acids is 1.